The second kappa shape index (κ2) is 10.7. The number of amides is 1. The lowest BCUT2D eigenvalue weighted by atomic mass is 10.1. The zero-order chi connectivity index (χ0) is 23.8. The molecular formula is C19H23FN6O6. The second-order valence-electron chi connectivity index (χ2n) is 6.84. The zero-order valence-electron chi connectivity index (χ0n) is 16.9. The number of nitrogens with one attached hydrogen (secondary N) is 3. The first-order valence-electron chi connectivity index (χ1n) is 9.51. The molecule has 1 atom stereocenters. The van der Waals surface area contributed by atoms with Gasteiger partial charge in [0.25, 0.3) is 11.5 Å². The van der Waals surface area contributed by atoms with Gasteiger partial charge in [0.2, 0.25) is 5.95 Å². The molecular weight excluding hydrogens is 427 g/mol. The molecule has 9 N–H and O–H groups in total. The number of nitrogens with two attached hydrogens (primary N) is 2. The van der Waals surface area contributed by atoms with Crippen molar-refractivity contribution >= 4 is 35.3 Å². The standard InChI is InChI=1S/C19H23FN6O6/c20-11-8-9(16(29)24-13(18(31)32)5-6-14(27)28)3-4-12(11)23-7-1-2-10-15(21)25-19(22)26-17(10)30/h3-4,8,13,23H,1-2,5-7H2,(H,24,29)(H,27,28)(H,31,32)(H5,21,22,25,26,30)/t13-/m0/s1. The maximum atomic E-state index is 14.3. The number of carboxylic acid groups (broad SMARTS) is 2. The molecule has 0 fully saturated rings. The van der Waals surface area contributed by atoms with E-state index in [1.54, 1.807) is 0 Å². The molecule has 13 heteroatoms. The summed E-state index contributed by atoms with van der Waals surface area (Å²) in [5.74, 6) is -4.26. The molecule has 32 heavy (non-hydrogen) atoms. The molecule has 1 aromatic carbocycles. The van der Waals surface area contributed by atoms with Crippen LogP contribution in [0.15, 0.2) is 23.0 Å². The van der Waals surface area contributed by atoms with Gasteiger partial charge >= 0.3 is 11.9 Å². The summed E-state index contributed by atoms with van der Waals surface area (Å²) in [7, 11) is 0. The third-order valence-electron chi connectivity index (χ3n) is 4.47. The number of benzene rings is 1. The van der Waals surface area contributed by atoms with Crippen molar-refractivity contribution in [2.45, 2.75) is 31.7 Å². The van der Waals surface area contributed by atoms with Gasteiger partial charge < -0.3 is 32.3 Å². The second-order valence-corrected chi connectivity index (χ2v) is 6.84. The molecule has 0 aliphatic heterocycles. The predicted octanol–water partition coefficient (Wildman–Crippen LogP) is 0.166. The number of carboxylic acids is 2. The quantitative estimate of drug-likeness (QED) is 0.230. The summed E-state index contributed by atoms with van der Waals surface area (Å²) < 4.78 is 14.3. The van der Waals surface area contributed by atoms with Crippen LogP contribution >= 0.6 is 0 Å². The Morgan fingerprint density at radius 3 is 2.53 bits per heavy atom. The first-order valence-corrected chi connectivity index (χ1v) is 9.51. The molecule has 1 amide bonds. The number of hydrogen-bond donors (Lipinski definition) is 7. The van der Waals surface area contributed by atoms with E-state index in [1.807, 2.05) is 0 Å². The number of rotatable bonds is 11. The lowest BCUT2D eigenvalue weighted by Gasteiger charge is -2.14. The summed E-state index contributed by atoms with van der Waals surface area (Å²) in [6.45, 7) is 0.280. The monoisotopic (exact) mass is 450 g/mol. The maximum Gasteiger partial charge on any atom is 0.326 e. The van der Waals surface area contributed by atoms with Crippen LogP contribution in [0.4, 0.5) is 21.8 Å². The minimum absolute atomic E-state index is 0.0239. The van der Waals surface area contributed by atoms with Crippen LogP contribution in [-0.2, 0) is 16.0 Å². The summed E-state index contributed by atoms with van der Waals surface area (Å²) in [6, 6.07) is 2.12. The predicted molar refractivity (Wildman–Crippen MR) is 113 cm³/mol. The number of nitrogen functional groups attached to an aromatic ring is 2. The van der Waals surface area contributed by atoms with Crippen LogP contribution in [0.3, 0.4) is 0 Å². The fraction of sp³-hybridized carbons (Fsp3) is 0.316. The average Bonchev–Trinajstić information content (AvgIpc) is 2.70. The maximum absolute atomic E-state index is 14.3. The fourth-order valence-electron chi connectivity index (χ4n) is 2.83. The van der Waals surface area contributed by atoms with Crippen LogP contribution < -0.4 is 27.7 Å². The SMILES string of the molecule is Nc1nc(N)c(CCCNc2ccc(C(=O)N[C@@H](CCC(=O)O)C(=O)O)cc2F)c(=O)[nH]1. The largest absolute Gasteiger partial charge is 0.481 e. The number of halogens is 1. The molecule has 1 aromatic heterocycles. The van der Waals surface area contributed by atoms with E-state index in [-0.39, 0.29) is 48.0 Å². The number of H-pyrrole nitrogens is 1. The third-order valence-corrected chi connectivity index (χ3v) is 4.47. The highest BCUT2D eigenvalue weighted by atomic mass is 19.1. The zero-order valence-corrected chi connectivity index (χ0v) is 16.9. The highest BCUT2D eigenvalue weighted by molar-refractivity contribution is 5.97. The van der Waals surface area contributed by atoms with E-state index in [2.05, 4.69) is 20.6 Å². The van der Waals surface area contributed by atoms with Crippen LogP contribution in [0.25, 0.3) is 0 Å². The van der Waals surface area contributed by atoms with Gasteiger partial charge in [-0.05, 0) is 37.5 Å². The highest BCUT2D eigenvalue weighted by Gasteiger charge is 2.22. The van der Waals surface area contributed by atoms with Crippen LogP contribution in [0.5, 0.6) is 0 Å². The molecule has 172 valence electrons. The van der Waals surface area contributed by atoms with E-state index < -0.39 is 41.7 Å². The number of carbonyl (C=O) groups excluding carboxylic acids is 1. The van der Waals surface area contributed by atoms with Crippen molar-refractivity contribution in [2.75, 3.05) is 23.3 Å². The van der Waals surface area contributed by atoms with Crippen LogP contribution in [0.1, 0.15) is 35.2 Å². The number of aromatic nitrogens is 2. The number of aromatic amines is 1. The summed E-state index contributed by atoms with van der Waals surface area (Å²) in [5.41, 5.74) is 10.9. The molecule has 0 bridgehead atoms. The van der Waals surface area contributed by atoms with Crippen molar-refractivity contribution in [3.05, 3.63) is 45.5 Å². The Hall–Kier alpha value is -4.16. The van der Waals surface area contributed by atoms with Crippen molar-refractivity contribution in [2.24, 2.45) is 0 Å². The van der Waals surface area contributed by atoms with Crippen LogP contribution in [-0.4, -0.2) is 50.6 Å². The van der Waals surface area contributed by atoms with E-state index >= 15 is 0 Å². The van der Waals surface area contributed by atoms with Gasteiger partial charge in [-0.3, -0.25) is 19.4 Å². The van der Waals surface area contributed by atoms with Crippen molar-refractivity contribution < 1.29 is 29.0 Å². The Balaban J connectivity index is 1.93. The molecule has 0 spiro atoms. The lowest BCUT2D eigenvalue weighted by Crippen LogP contribution is -2.41. The van der Waals surface area contributed by atoms with Crippen LogP contribution in [0, 0.1) is 5.82 Å². The average molecular weight is 450 g/mol. The first-order chi connectivity index (χ1) is 15.1. The van der Waals surface area contributed by atoms with Gasteiger partial charge in [0, 0.05) is 18.5 Å². The molecule has 0 aliphatic carbocycles. The summed E-state index contributed by atoms with van der Waals surface area (Å²) in [5, 5.41) is 22.8. The highest BCUT2D eigenvalue weighted by Crippen LogP contribution is 2.17. The van der Waals surface area contributed by atoms with E-state index in [0.29, 0.717) is 6.42 Å². The van der Waals surface area contributed by atoms with Gasteiger partial charge in [-0.25, -0.2) is 9.18 Å². The first kappa shape index (κ1) is 24.1. The topological polar surface area (TPSA) is 214 Å². The van der Waals surface area contributed by atoms with Gasteiger partial charge in [-0.15, -0.1) is 0 Å². The Morgan fingerprint density at radius 1 is 1.22 bits per heavy atom. The molecule has 0 unspecified atom stereocenters. The molecule has 12 nitrogen and oxygen atoms in total. The Kier molecular flexibility index (Phi) is 8.10. The Labute approximate surface area is 180 Å². The van der Waals surface area contributed by atoms with Crippen molar-refractivity contribution in [1.82, 2.24) is 15.3 Å². The van der Waals surface area contributed by atoms with Crippen molar-refractivity contribution in [1.29, 1.82) is 0 Å². The van der Waals surface area contributed by atoms with E-state index in [9.17, 15) is 23.6 Å². The summed E-state index contributed by atoms with van der Waals surface area (Å²) in [4.78, 5) is 51.9. The Morgan fingerprint density at radius 2 is 1.94 bits per heavy atom. The summed E-state index contributed by atoms with van der Waals surface area (Å²) >= 11 is 0. The van der Waals surface area contributed by atoms with Gasteiger partial charge in [0.15, 0.2) is 0 Å². The van der Waals surface area contributed by atoms with E-state index in [1.165, 1.54) is 12.1 Å². The van der Waals surface area contributed by atoms with E-state index in [4.69, 9.17) is 21.7 Å². The van der Waals surface area contributed by atoms with Gasteiger partial charge in [0.05, 0.1) is 11.3 Å². The molecule has 1 heterocycles. The Bertz CT molecular complexity index is 1070. The molecule has 0 saturated heterocycles. The number of carbonyl (C=O) groups is 3. The minimum atomic E-state index is -1.42. The number of aliphatic carboxylic acids is 2. The molecule has 0 aliphatic rings. The van der Waals surface area contributed by atoms with Gasteiger partial charge in [0.1, 0.15) is 17.7 Å². The molecule has 2 rings (SSSR count). The normalized spacial score (nSPS) is 11.5. The van der Waals surface area contributed by atoms with Crippen molar-refractivity contribution in [3.8, 4) is 0 Å². The minimum Gasteiger partial charge on any atom is -0.481 e. The number of nitrogens with zero attached hydrogens (tertiary/aromatic N) is 1. The van der Waals surface area contributed by atoms with Gasteiger partial charge in [-0.2, -0.15) is 4.98 Å². The van der Waals surface area contributed by atoms with Crippen molar-refractivity contribution in [3.63, 3.8) is 0 Å². The summed E-state index contributed by atoms with van der Waals surface area (Å²) in [6.07, 6.45) is -0.0608. The smallest absolute Gasteiger partial charge is 0.326 e. The van der Waals surface area contributed by atoms with Gasteiger partial charge in [-0.1, -0.05) is 0 Å². The molecule has 0 saturated carbocycles. The fourth-order valence-corrected chi connectivity index (χ4v) is 2.83. The van der Waals surface area contributed by atoms with E-state index in [0.717, 1.165) is 6.07 Å². The number of hydrogen-bond acceptors (Lipinski definition) is 8. The van der Waals surface area contributed by atoms with Crippen LogP contribution in [0.2, 0.25) is 0 Å². The number of anilines is 3. The lowest BCUT2D eigenvalue weighted by molar-refractivity contribution is -0.140. The molecule has 2 aromatic rings. The molecule has 0 radical (unpaired) electrons. The third kappa shape index (κ3) is 6.68.